The summed E-state index contributed by atoms with van der Waals surface area (Å²) in [5.74, 6) is -0.202. The zero-order valence-electron chi connectivity index (χ0n) is 11.6. The molecule has 0 aromatic heterocycles. The van der Waals surface area contributed by atoms with Crippen LogP contribution in [0.1, 0.15) is 37.0 Å². The van der Waals surface area contributed by atoms with Crippen molar-refractivity contribution in [3.63, 3.8) is 0 Å². The van der Waals surface area contributed by atoms with Crippen molar-refractivity contribution in [1.82, 2.24) is 4.90 Å². The average molecular weight is 503 g/mol. The lowest BCUT2D eigenvalue weighted by molar-refractivity contribution is 0.0619. The summed E-state index contributed by atoms with van der Waals surface area (Å²) < 4.78 is 1.56. The molecule has 1 aromatic carbocycles. The number of benzene rings is 1. The van der Waals surface area contributed by atoms with E-state index >= 15 is 0 Å². The number of aliphatic hydroxyl groups is 1. The van der Waals surface area contributed by atoms with E-state index in [1.165, 1.54) is 0 Å². The first-order valence-electron chi connectivity index (χ1n) is 6.56. The minimum Gasteiger partial charge on any atom is -0.506 e. The van der Waals surface area contributed by atoms with Crippen molar-refractivity contribution < 1.29 is 15.0 Å². The van der Waals surface area contributed by atoms with Gasteiger partial charge in [0.05, 0.1) is 15.7 Å². The van der Waals surface area contributed by atoms with Gasteiger partial charge in [0.15, 0.2) is 0 Å². The third-order valence-electron chi connectivity index (χ3n) is 3.24. The van der Waals surface area contributed by atoms with E-state index in [1.54, 1.807) is 11.0 Å². The first-order valence-corrected chi connectivity index (χ1v) is 8.71. The van der Waals surface area contributed by atoms with Crippen molar-refractivity contribution >= 4 is 51.1 Å². The normalized spacial score (nSPS) is 10.9. The van der Waals surface area contributed by atoms with E-state index in [-0.39, 0.29) is 30.9 Å². The zero-order valence-corrected chi connectivity index (χ0v) is 15.9. The van der Waals surface area contributed by atoms with E-state index in [4.69, 9.17) is 0 Å². The Morgan fingerprint density at radius 1 is 1.30 bits per heavy atom. The highest BCUT2D eigenvalue weighted by Crippen LogP contribution is 2.29. The SMILES string of the molecule is CCC(CC)N(CCO)C(=O)c1cc(I)cc(I)c1O. The summed E-state index contributed by atoms with van der Waals surface area (Å²) in [5.41, 5.74) is 0.307. The molecule has 0 fully saturated rings. The number of phenolic OH excluding ortho intramolecular Hbond substituents is 1. The predicted molar refractivity (Wildman–Crippen MR) is 96.0 cm³/mol. The van der Waals surface area contributed by atoms with Gasteiger partial charge in [0.2, 0.25) is 0 Å². The van der Waals surface area contributed by atoms with Gasteiger partial charge in [0.25, 0.3) is 5.91 Å². The van der Waals surface area contributed by atoms with Crippen molar-refractivity contribution in [3.05, 3.63) is 24.8 Å². The number of rotatable bonds is 6. The lowest BCUT2D eigenvalue weighted by atomic mass is 10.1. The Bertz CT molecular complexity index is 476. The Morgan fingerprint density at radius 3 is 2.40 bits per heavy atom. The van der Waals surface area contributed by atoms with Crippen molar-refractivity contribution in [3.8, 4) is 5.75 Å². The van der Waals surface area contributed by atoms with Crippen LogP contribution in [0.2, 0.25) is 0 Å². The second-order valence-corrected chi connectivity index (χ2v) is 6.88. The van der Waals surface area contributed by atoms with Gasteiger partial charge in [-0.15, -0.1) is 0 Å². The van der Waals surface area contributed by atoms with E-state index in [9.17, 15) is 15.0 Å². The molecule has 1 rings (SSSR count). The predicted octanol–water partition coefficient (Wildman–Crippen LogP) is 3.22. The van der Waals surface area contributed by atoms with E-state index in [0.717, 1.165) is 16.4 Å². The third-order valence-corrected chi connectivity index (χ3v) is 4.69. The molecule has 2 N–H and O–H groups in total. The number of hydrogen-bond acceptors (Lipinski definition) is 3. The molecule has 20 heavy (non-hydrogen) atoms. The highest BCUT2D eigenvalue weighted by Gasteiger charge is 2.25. The first-order chi connectivity index (χ1) is 9.46. The largest absolute Gasteiger partial charge is 0.506 e. The molecule has 0 aliphatic heterocycles. The topological polar surface area (TPSA) is 60.8 Å². The molecular formula is C14H19I2NO3. The van der Waals surface area contributed by atoms with Crippen LogP contribution in [-0.2, 0) is 0 Å². The molecule has 0 saturated heterocycles. The fraction of sp³-hybridized carbons (Fsp3) is 0.500. The quantitative estimate of drug-likeness (QED) is 0.587. The van der Waals surface area contributed by atoms with E-state index in [0.29, 0.717) is 9.13 Å². The van der Waals surface area contributed by atoms with Crippen LogP contribution in [0.25, 0.3) is 0 Å². The summed E-state index contributed by atoms with van der Waals surface area (Å²) in [4.78, 5) is 14.3. The fourth-order valence-corrected chi connectivity index (χ4v) is 4.02. The first kappa shape index (κ1) is 18.0. The molecule has 6 heteroatoms. The minimum absolute atomic E-state index is 0.0184. The Balaban J connectivity index is 3.18. The monoisotopic (exact) mass is 503 g/mol. The molecular weight excluding hydrogens is 484 g/mol. The summed E-state index contributed by atoms with van der Waals surface area (Å²) in [7, 11) is 0. The molecule has 0 aliphatic carbocycles. The van der Waals surface area contributed by atoms with Crippen molar-refractivity contribution in [2.75, 3.05) is 13.2 Å². The molecule has 0 radical (unpaired) electrons. The van der Waals surface area contributed by atoms with Crippen LogP contribution in [0, 0.1) is 7.14 Å². The Hall–Kier alpha value is -0.0900. The van der Waals surface area contributed by atoms with Crippen LogP contribution >= 0.6 is 45.2 Å². The molecule has 0 unspecified atom stereocenters. The number of phenols is 1. The summed E-state index contributed by atoms with van der Waals surface area (Å²) >= 11 is 4.14. The van der Waals surface area contributed by atoms with Crippen LogP contribution in [0.15, 0.2) is 12.1 Å². The number of nitrogens with zero attached hydrogens (tertiary/aromatic N) is 1. The van der Waals surface area contributed by atoms with Gasteiger partial charge in [-0.05, 0) is 70.2 Å². The van der Waals surface area contributed by atoms with Gasteiger partial charge in [-0.3, -0.25) is 4.79 Å². The summed E-state index contributed by atoms with van der Waals surface area (Å²) in [5, 5.41) is 19.3. The number of carbonyl (C=O) groups is 1. The van der Waals surface area contributed by atoms with Gasteiger partial charge < -0.3 is 15.1 Å². The standard InChI is InChI=1S/C14H19I2NO3/c1-3-10(4-2)17(5-6-18)14(20)11-7-9(15)8-12(16)13(11)19/h7-8,10,18-19H,3-6H2,1-2H3. The lowest BCUT2D eigenvalue weighted by Crippen LogP contribution is -2.41. The zero-order chi connectivity index (χ0) is 15.3. The van der Waals surface area contributed by atoms with Gasteiger partial charge >= 0.3 is 0 Å². The van der Waals surface area contributed by atoms with E-state index in [1.807, 2.05) is 42.5 Å². The maximum atomic E-state index is 12.7. The van der Waals surface area contributed by atoms with Crippen LogP contribution in [0.4, 0.5) is 0 Å². The third kappa shape index (κ3) is 4.20. The molecule has 1 aromatic rings. The van der Waals surface area contributed by atoms with Crippen molar-refractivity contribution in [2.24, 2.45) is 0 Å². The minimum atomic E-state index is -0.221. The second kappa shape index (κ2) is 8.38. The number of aliphatic hydroxyl groups excluding tert-OH is 1. The fourth-order valence-electron chi connectivity index (χ4n) is 2.17. The molecule has 1 amide bonds. The highest BCUT2D eigenvalue weighted by atomic mass is 127. The number of halogens is 2. The van der Waals surface area contributed by atoms with Gasteiger partial charge in [-0.2, -0.15) is 0 Å². The second-order valence-electron chi connectivity index (χ2n) is 4.48. The van der Waals surface area contributed by atoms with Crippen LogP contribution in [0.5, 0.6) is 5.75 Å². The van der Waals surface area contributed by atoms with Gasteiger partial charge in [-0.1, -0.05) is 13.8 Å². The van der Waals surface area contributed by atoms with Crippen LogP contribution in [-0.4, -0.2) is 40.2 Å². The molecule has 4 nitrogen and oxygen atoms in total. The molecule has 0 heterocycles. The van der Waals surface area contributed by atoms with Crippen molar-refractivity contribution in [1.29, 1.82) is 0 Å². The molecule has 112 valence electrons. The maximum absolute atomic E-state index is 12.7. The smallest absolute Gasteiger partial charge is 0.258 e. The highest BCUT2D eigenvalue weighted by molar-refractivity contribution is 14.1. The van der Waals surface area contributed by atoms with Crippen molar-refractivity contribution in [2.45, 2.75) is 32.7 Å². The van der Waals surface area contributed by atoms with Gasteiger partial charge in [0.1, 0.15) is 5.75 Å². The van der Waals surface area contributed by atoms with Crippen LogP contribution < -0.4 is 0 Å². The molecule has 0 spiro atoms. The number of amides is 1. The summed E-state index contributed by atoms with van der Waals surface area (Å²) in [6, 6.07) is 3.58. The number of aromatic hydroxyl groups is 1. The van der Waals surface area contributed by atoms with Crippen LogP contribution in [0.3, 0.4) is 0 Å². The molecule has 0 bridgehead atoms. The summed E-state index contributed by atoms with van der Waals surface area (Å²) in [6.07, 6.45) is 1.65. The van der Waals surface area contributed by atoms with Gasteiger partial charge in [-0.25, -0.2) is 0 Å². The van der Waals surface area contributed by atoms with Gasteiger partial charge in [0, 0.05) is 16.2 Å². The molecule has 0 aliphatic rings. The number of carbonyl (C=O) groups excluding carboxylic acids is 1. The summed E-state index contributed by atoms with van der Waals surface area (Å²) in [6.45, 7) is 4.24. The maximum Gasteiger partial charge on any atom is 0.258 e. The molecule has 0 saturated carbocycles. The molecule has 0 atom stereocenters. The van der Waals surface area contributed by atoms with E-state index < -0.39 is 0 Å². The lowest BCUT2D eigenvalue weighted by Gasteiger charge is -2.30. The Labute approximate surface area is 146 Å². The number of hydrogen-bond donors (Lipinski definition) is 2. The average Bonchev–Trinajstić information content (AvgIpc) is 2.42. The Morgan fingerprint density at radius 2 is 1.90 bits per heavy atom. The van der Waals surface area contributed by atoms with E-state index in [2.05, 4.69) is 22.6 Å². The Kier molecular flexibility index (Phi) is 7.52.